The van der Waals surface area contributed by atoms with Crippen molar-refractivity contribution in [3.63, 3.8) is 0 Å². The van der Waals surface area contributed by atoms with Crippen LogP contribution in [0.5, 0.6) is 5.75 Å². The Morgan fingerprint density at radius 3 is 2.62 bits per heavy atom. The molecule has 21 heavy (non-hydrogen) atoms. The van der Waals surface area contributed by atoms with Gasteiger partial charge in [0, 0.05) is 12.2 Å². The standard InChI is InChI=1S/C16H16BrClFNO/c1-10(2)21-16-6-4-12(8-14(16)18)20-9-11-3-5-15(19)13(17)7-11/h3-8,10,20H,9H2,1-2H3. The van der Waals surface area contributed by atoms with Gasteiger partial charge < -0.3 is 10.1 Å². The number of rotatable bonds is 5. The minimum atomic E-state index is -0.267. The van der Waals surface area contributed by atoms with Gasteiger partial charge in [0.1, 0.15) is 11.6 Å². The Hall–Kier alpha value is -1.26. The molecule has 0 aliphatic rings. The summed E-state index contributed by atoms with van der Waals surface area (Å²) in [5.41, 5.74) is 1.86. The molecule has 0 amide bonds. The predicted molar refractivity (Wildman–Crippen MR) is 88.6 cm³/mol. The van der Waals surface area contributed by atoms with Gasteiger partial charge in [-0.1, -0.05) is 17.7 Å². The van der Waals surface area contributed by atoms with Crippen LogP contribution in [0.4, 0.5) is 10.1 Å². The summed E-state index contributed by atoms with van der Waals surface area (Å²) in [4.78, 5) is 0. The highest BCUT2D eigenvalue weighted by Gasteiger charge is 2.05. The second-order valence-corrected chi connectivity index (χ2v) is 6.18. The second kappa shape index (κ2) is 7.14. The Morgan fingerprint density at radius 1 is 1.24 bits per heavy atom. The Bertz CT molecular complexity index is 634. The smallest absolute Gasteiger partial charge is 0.138 e. The van der Waals surface area contributed by atoms with Gasteiger partial charge >= 0.3 is 0 Å². The molecule has 0 radical (unpaired) electrons. The molecule has 0 unspecified atom stereocenters. The van der Waals surface area contributed by atoms with Gasteiger partial charge in [-0.2, -0.15) is 0 Å². The van der Waals surface area contributed by atoms with E-state index in [0.29, 0.717) is 21.8 Å². The van der Waals surface area contributed by atoms with Gasteiger partial charge in [0.25, 0.3) is 0 Å². The fourth-order valence-electron chi connectivity index (χ4n) is 1.81. The lowest BCUT2D eigenvalue weighted by Crippen LogP contribution is -2.06. The third kappa shape index (κ3) is 4.61. The van der Waals surface area contributed by atoms with Crippen LogP contribution in [0.1, 0.15) is 19.4 Å². The minimum absolute atomic E-state index is 0.0814. The van der Waals surface area contributed by atoms with Crippen molar-refractivity contribution in [2.45, 2.75) is 26.5 Å². The topological polar surface area (TPSA) is 21.3 Å². The molecular weight excluding hydrogens is 357 g/mol. The van der Waals surface area contributed by atoms with Crippen molar-refractivity contribution in [1.82, 2.24) is 0 Å². The first-order valence-electron chi connectivity index (χ1n) is 6.59. The molecular formula is C16H16BrClFNO. The molecule has 2 aromatic carbocycles. The van der Waals surface area contributed by atoms with Crippen LogP contribution in [0.25, 0.3) is 0 Å². The van der Waals surface area contributed by atoms with Gasteiger partial charge in [-0.25, -0.2) is 4.39 Å². The largest absolute Gasteiger partial charge is 0.489 e. The second-order valence-electron chi connectivity index (χ2n) is 4.91. The van der Waals surface area contributed by atoms with Crippen LogP contribution < -0.4 is 10.1 Å². The quantitative estimate of drug-likeness (QED) is 0.733. The number of benzene rings is 2. The van der Waals surface area contributed by atoms with Crippen LogP contribution in [-0.2, 0) is 6.54 Å². The van der Waals surface area contributed by atoms with E-state index in [-0.39, 0.29) is 11.9 Å². The zero-order chi connectivity index (χ0) is 15.4. The maximum atomic E-state index is 13.2. The van der Waals surface area contributed by atoms with Crippen molar-refractivity contribution in [2.75, 3.05) is 5.32 Å². The van der Waals surface area contributed by atoms with Gasteiger partial charge in [0.05, 0.1) is 15.6 Å². The zero-order valence-electron chi connectivity index (χ0n) is 11.8. The van der Waals surface area contributed by atoms with E-state index in [2.05, 4.69) is 21.2 Å². The van der Waals surface area contributed by atoms with Crippen LogP contribution in [0, 0.1) is 5.82 Å². The first-order valence-corrected chi connectivity index (χ1v) is 7.77. The third-order valence-electron chi connectivity index (χ3n) is 2.78. The molecule has 0 aromatic heterocycles. The molecule has 0 heterocycles. The molecule has 2 nitrogen and oxygen atoms in total. The third-order valence-corrected chi connectivity index (χ3v) is 3.68. The number of nitrogens with one attached hydrogen (secondary N) is 1. The van der Waals surface area contributed by atoms with E-state index in [1.54, 1.807) is 12.1 Å². The Balaban J connectivity index is 2.03. The van der Waals surface area contributed by atoms with E-state index < -0.39 is 0 Å². The van der Waals surface area contributed by atoms with E-state index in [1.807, 2.05) is 32.0 Å². The van der Waals surface area contributed by atoms with Crippen molar-refractivity contribution in [3.05, 3.63) is 57.3 Å². The molecule has 0 bridgehead atoms. The summed E-state index contributed by atoms with van der Waals surface area (Å²) >= 11 is 9.36. The minimum Gasteiger partial charge on any atom is -0.489 e. The van der Waals surface area contributed by atoms with E-state index >= 15 is 0 Å². The lowest BCUT2D eigenvalue weighted by Gasteiger charge is -2.13. The number of hydrogen-bond donors (Lipinski definition) is 1. The highest BCUT2D eigenvalue weighted by atomic mass is 79.9. The maximum absolute atomic E-state index is 13.2. The molecule has 0 saturated heterocycles. The van der Waals surface area contributed by atoms with Gasteiger partial charge in [0.2, 0.25) is 0 Å². The molecule has 0 spiro atoms. The fourth-order valence-corrected chi connectivity index (χ4v) is 2.47. The molecule has 1 N–H and O–H groups in total. The molecule has 5 heteroatoms. The molecule has 2 rings (SSSR count). The Kier molecular flexibility index (Phi) is 5.48. The van der Waals surface area contributed by atoms with Crippen molar-refractivity contribution in [2.24, 2.45) is 0 Å². The number of halogens is 3. The first-order chi connectivity index (χ1) is 9.95. The van der Waals surface area contributed by atoms with Crippen LogP contribution in [-0.4, -0.2) is 6.10 Å². The molecule has 0 aliphatic heterocycles. The van der Waals surface area contributed by atoms with Gasteiger partial charge in [0.15, 0.2) is 0 Å². The number of hydrogen-bond acceptors (Lipinski definition) is 2. The molecule has 112 valence electrons. The highest BCUT2D eigenvalue weighted by molar-refractivity contribution is 9.10. The van der Waals surface area contributed by atoms with Crippen LogP contribution in [0.3, 0.4) is 0 Å². The molecule has 0 atom stereocenters. The Morgan fingerprint density at radius 2 is 2.00 bits per heavy atom. The number of anilines is 1. The van der Waals surface area contributed by atoms with Crippen LogP contribution in [0.15, 0.2) is 40.9 Å². The molecule has 0 saturated carbocycles. The van der Waals surface area contributed by atoms with Gasteiger partial charge in [-0.15, -0.1) is 0 Å². The molecule has 0 fully saturated rings. The summed E-state index contributed by atoms with van der Waals surface area (Å²) in [6, 6.07) is 10.5. The highest BCUT2D eigenvalue weighted by Crippen LogP contribution is 2.28. The van der Waals surface area contributed by atoms with Crippen molar-refractivity contribution >= 4 is 33.2 Å². The van der Waals surface area contributed by atoms with Crippen LogP contribution in [0.2, 0.25) is 5.02 Å². The van der Waals surface area contributed by atoms with Crippen molar-refractivity contribution in [3.8, 4) is 5.75 Å². The lowest BCUT2D eigenvalue weighted by atomic mass is 10.2. The van der Waals surface area contributed by atoms with E-state index in [0.717, 1.165) is 11.3 Å². The maximum Gasteiger partial charge on any atom is 0.138 e. The monoisotopic (exact) mass is 371 g/mol. The normalized spacial score (nSPS) is 10.8. The summed E-state index contributed by atoms with van der Waals surface area (Å²) in [6.07, 6.45) is 0.0814. The van der Waals surface area contributed by atoms with Crippen molar-refractivity contribution in [1.29, 1.82) is 0 Å². The average Bonchev–Trinajstić information content (AvgIpc) is 2.42. The summed E-state index contributed by atoms with van der Waals surface area (Å²) < 4.78 is 19.2. The van der Waals surface area contributed by atoms with E-state index in [1.165, 1.54) is 6.07 Å². The summed E-state index contributed by atoms with van der Waals surface area (Å²) in [7, 11) is 0. The van der Waals surface area contributed by atoms with E-state index in [9.17, 15) is 4.39 Å². The lowest BCUT2D eigenvalue weighted by molar-refractivity contribution is 0.242. The summed E-state index contributed by atoms with van der Waals surface area (Å²) in [6.45, 7) is 4.49. The SMILES string of the molecule is CC(C)Oc1ccc(NCc2ccc(F)c(Br)c2)cc1Cl. The summed E-state index contributed by atoms with van der Waals surface area (Å²) in [5.74, 6) is 0.402. The molecule has 2 aromatic rings. The average molecular weight is 373 g/mol. The first kappa shape index (κ1) is 16.1. The van der Waals surface area contributed by atoms with Gasteiger partial charge in [-0.05, 0) is 65.7 Å². The van der Waals surface area contributed by atoms with E-state index in [4.69, 9.17) is 16.3 Å². The summed E-state index contributed by atoms with van der Waals surface area (Å²) in [5, 5.41) is 3.81. The van der Waals surface area contributed by atoms with Gasteiger partial charge in [-0.3, -0.25) is 0 Å². The van der Waals surface area contributed by atoms with Crippen LogP contribution >= 0.6 is 27.5 Å². The predicted octanol–water partition coefficient (Wildman–Crippen LogP) is 5.64. The Labute approximate surface area is 137 Å². The zero-order valence-corrected chi connectivity index (χ0v) is 14.1. The number of ether oxygens (including phenoxy) is 1. The fraction of sp³-hybridized carbons (Fsp3) is 0.250. The van der Waals surface area contributed by atoms with Crippen molar-refractivity contribution < 1.29 is 9.13 Å². The molecule has 0 aliphatic carbocycles.